The summed E-state index contributed by atoms with van der Waals surface area (Å²) in [5.41, 5.74) is -1.78. The molecule has 0 saturated heterocycles. The van der Waals surface area contributed by atoms with Gasteiger partial charge in [-0.15, -0.1) is 0 Å². The second kappa shape index (κ2) is 10.3. The van der Waals surface area contributed by atoms with E-state index in [0.29, 0.717) is 35.8 Å². The lowest BCUT2D eigenvalue weighted by Crippen LogP contribution is -2.33. The van der Waals surface area contributed by atoms with Crippen LogP contribution in [0, 0.1) is 0 Å². The Bertz CT molecular complexity index is 1030. The molecule has 162 valence electrons. The number of hydrogen-bond donors (Lipinski definition) is 2. The van der Waals surface area contributed by atoms with Crippen molar-refractivity contribution in [3.8, 4) is 23.1 Å². The van der Waals surface area contributed by atoms with Crippen LogP contribution in [0.25, 0.3) is 6.08 Å². The van der Waals surface area contributed by atoms with E-state index < -0.39 is 28.5 Å². The quantitative estimate of drug-likeness (QED) is 0.333. The number of carbonyl (C=O) groups is 1. The first kappa shape index (κ1) is 22.8. The maximum atomic E-state index is 12.6. The van der Waals surface area contributed by atoms with E-state index in [1.54, 1.807) is 12.1 Å². The van der Waals surface area contributed by atoms with Crippen molar-refractivity contribution in [2.45, 2.75) is 13.0 Å². The minimum Gasteiger partial charge on any atom is -0.494 e. The van der Waals surface area contributed by atoms with Gasteiger partial charge in [0.1, 0.15) is 5.56 Å². The molecular weight excluding hydrogens is 396 g/mol. The summed E-state index contributed by atoms with van der Waals surface area (Å²) in [4.78, 5) is 38.7. The van der Waals surface area contributed by atoms with Crippen molar-refractivity contribution < 1.29 is 28.8 Å². The lowest BCUT2D eigenvalue weighted by atomic mass is 10.1. The number of nitrogens with zero attached hydrogens (tertiary/aromatic N) is 1. The van der Waals surface area contributed by atoms with Crippen LogP contribution in [0.3, 0.4) is 0 Å². The molecule has 10 heteroatoms. The molecule has 0 amide bonds. The molecule has 0 aliphatic heterocycles. The predicted octanol–water partition coefficient (Wildman–Crippen LogP) is 1.20. The molecule has 0 saturated carbocycles. The normalized spacial score (nSPS) is 10.9. The Hall–Kier alpha value is -3.53. The SMILES string of the molecule is COCCCn1c(O)c(C(=O)/C=C/c2cc(OC)c(OC)c(OC)c2)c(=O)[nH]c1=O. The van der Waals surface area contributed by atoms with Gasteiger partial charge in [-0.1, -0.05) is 6.08 Å². The fraction of sp³-hybridized carbons (Fsp3) is 0.350. The third-order valence-corrected chi connectivity index (χ3v) is 4.26. The van der Waals surface area contributed by atoms with Gasteiger partial charge in [0.05, 0.1) is 21.3 Å². The minimum atomic E-state index is -0.972. The van der Waals surface area contributed by atoms with Crippen molar-refractivity contribution in [1.29, 1.82) is 0 Å². The third-order valence-electron chi connectivity index (χ3n) is 4.26. The monoisotopic (exact) mass is 420 g/mol. The molecule has 0 aliphatic rings. The molecule has 0 atom stereocenters. The number of aromatic hydroxyl groups is 1. The van der Waals surface area contributed by atoms with E-state index in [1.165, 1.54) is 34.5 Å². The van der Waals surface area contributed by atoms with Gasteiger partial charge >= 0.3 is 5.69 Å². The Balaban J connectivity index is 2.40. The van der Waals surface area contributed by atoms with Crippen LogP contribution in [-0.4, -0.2) is 55.5 Å². The van der Waals surface area contributed by atoms with Crippen LogP contribution in [0.5, 0.6) is 23.1 Å². The Kier molecular flexibility index (Phi) is 7.82. The molecule has 0 radical (unpaired) electrons. The summed E-state index contributed by atoms with van der Waals surface area (Å²) >= 11 is 0. The number of methoxy groups -OCH3 is 4. The molecule has 2 aromatic rings. The number of allylic oxidation sites excluding steroid dienone is 1. The van der Waals surface area contributed by atoms with E-state index in [-0.39, 0.29) is 6.54 Å². The van der Waals surface area contributed by atoms with E-state index in [0.717, 1.165) is 10.6 Å². The first-order chi connectivity index (χ1) is 14.4. The molecule has 2 rings (SSSR count). The summed E-state index contributed by atoms with van der Waals surface area (Å²) in [5, 5.41) is 10.3. The van der Waals surface area contributed by atoms with Crippen molar-refractivity contribution >= 4 is 11.9 Å². The van der Waals surface area contributed by atoms with Crippen LogP contribution in [0.15, 0.2) is 27.8 Å². The topological polar surface area (TPSA) is 129 Å². The van der Waals surface area contributed by atoms with Gasteiger partial charge in [0.15, 0.2) is 17.3 Å². The van der Waals surface area contributed by atoms with Crippen LogP contribution in [0.1, 0.15) is 22.3 Å². The highest BCUT2D eigenvalue weighted by Gasteiger charge is 2.19. The van der Waals surface area contributed by atoms with Crippen LogP contribution >= 0.6 is 0 Å². The summed E-state index contributed by atoms with van der Waals surface area (Å²) in [6, 6.07) is 3.22. The summed E-state index contributed by atoms with van der Waals surface area (Å²) < 4.78 is 21.6. The molecule has 0 bridgehead atoms. The highest BCUT2D eigenvalue weighted by Crippen LogP contribution is 2.38. The average Bonchev–Trinajstić information content (AvgIpc) is 2.73. The zero-order valence-corrected chi connectivity index (χ0v) is 17.2. The van der Waals surface area contributed by atoms with Gasteiger partial charge in [0.2, 0.25) is 11.6 Å². The van der Waals surface area contributed by atoms with E-state index in [2.05, 4.69) is 0 Å². The lowest BCUT2D eigenvalue weighted by molar-refractivity contribution is 0.104. The number of ketones is 1. The smallest absolute Gasteiger partial charge is 0.331 e. The van der Waals surface area contributed by atoms with Crippen molar-refractivity contribution in [3.05, 3.63) is 50.2 Å². The predicted molar refractivity (Wildman–Crippen MR) is 109 cm³/mol. The van der Waals surface area contributed by atoms with E-state index in [1.807, 2.05) is 4.98 Å². The number of aromatic nitrogens is 2. The van der Waals surface area contributed by atoms with Gasteiger partial charge in [0, 0.05) is 20.3 Å². The molecule has 0 unspecified atom stereocenters. The standard InChI is InChI=1S/C20H24N2O8/c1-27-9-5-8-22-19(25)16(18(24)21-20(22)26)13(23)7-6-12-10-14(28-2)17(30-4)15(11-12)29-3/h6-7,10-11,25H,5,8-9H2,1-4H3,(H,21,24,26)/b7-6+. The number of benzene rings is 1. The van der Waals surface area contributed by atoms with Crippen LogP contribution in [-0.2, 0) is 11.3 Å². The average molecular weight is 420 g/mol. The zero-order valence-electron chi connectivity index (χ0n) is 17.2. The molecule has 10 nitrogen and oxygen atoms in total. The van der Waals surface area contributed by atoms with Crippen LogP contribution in [0.2, 0.25) is 0 Å². The maximum absolute atomic E-state index is 12.6. The second-order valence-electron chi connectivity index (χ2n) is 6.11. The molecular formula is C20H24N2O8. The lowest BCUT2D eigenvalue weighted by Gasteiger charge is -2.12. The van der Waals surface area contributed by atoms with Crippen molar-refractivity contribution in [1.82, 2.24) is 9.55 Å². The van der Waals surface area contributed by atoms with Gasteiger partial charge in [-0.3, -0.25) is 19.1 Å². The van der Waals surface area contributed by atoms with Crippen molar-refractivity contribution in [2.24, 2.45) is 0 Å². The summed E-state index contributed by atoms with van der Waals surface area (Å²) in [5.74, 6) is -0.309. The second-order valence-corrected chi connectivity index (χ2v) is 6.11. The first-order valence-corrected chi connectivity index (χ1v) is 8.95. The van der Waals surface area contributed by atoms with Gasteiger partial charge in [-0.2, -0.15) is 0 Å². The molecule has 1 aromatic carbocycles. The third kappa shape index (κ3) is 4.90. The Morgan fingerprint density at radius 1 is 1.10 bits per heavy atom. The van der Waals surface area contributed by atoms with Crippen molar-refractivity contribution in [3.63, 3.8) is 0 Å². The zero-order chi connectivity index (χ0) is 22.3. The number of rotatable bonds is 10. The van der Waals surface area contributed by atoms with E-state index in [9.17, 15) is 19.5 Å². The van der Waals surface area contributed by atoms with Gasteiger partial charge in [-0.05, 0) is 30.2 Å². The number of aromatic amines is 1. The Labute approximate surface area is 172 Å². The minimum absolute atomic E-state index is 0.0756. The number of carbonyl (C=O) groups excluding carboxylic acids is 1. The fourth-order valence-electron chi connectivity index (χ4n) is 2.81. The first-order valence-electron chi connectivity index (χ1n) is 8.95. The summed E-state index contributed by atoms with van der Waals surface area (Å²) in [6.07, 6.45) is 2.94. The molecule has 0 fully saturated rings. The maximum Gasteiger partial charge on any atom is 0.331 e. The van der Waals surface area contributed by atoms with Gasteiger partial charge < -0.3 is 24.1 Å². The van der Waals surface area contributed by atoms with Crippen molar-refractivity contribution in [2.75, 3.05) is 35.0 Å². The highest BCUT2D eigenvalue weighted by atomic mass is 16.5. The molecule has 2 N–H and O–H groups in total. The largest absolute Gasteiger partial charge is 0.494 e. The van der Waals surface area contributed by atoms with Crippen LogP contribution in [0.4, 0.5) is 0 Å². The van der Waals surface area contributed by atoms with Gasteiger partial charge in [-0.25, -0.2) is 4.79 Å². The summed E-state index contributed by atoms with van der Waals surface area (Å²) in [7, 11) is 5.88. The number of nitrogens with one attached hydrogen (secondary N) is 1. The van der Waals surface area contributed by atoms with Crippen LogP contribution < -0.4 is 25.5 Å². The molecule has 30 heavy (non-hydrogen) atoms. The Morgan fingerprint density at radius 2 is 1.73 bits per heavy atom. The number of hydrogen-bond acceptors (Lipinski definition) is 8. The number of H-pyrrole nitrogens is 1. The molecule has 1 heterocycles. The molecule has 1 aromatic heterocycles. The highest BCUT2D eigenvalue weighted by molar-refractivity contribution is 6.08. The molecule has 0 spiro atoms. The van der Waals surface area contributed by atoms with E-state index in [4.69, 9.17) is 18.9 Å². The fourth-order valence-corrected chi connectivity index (χ4v) is 2.81. The Morgan fingerprint density at radius 3 is 2.27 bits per heavy atom. The van der Waals surface area contributed by atoms with E-state index >= 15 is 0 Å². The van der Waals surface area contributed by atoms with Gasteiger partial charge in [0.25, 0.3) is 5.56 Å². The molecule has 0 aliphatic carbocycles. The summed E-state index contributed by atoms with van der Waals surface area (Å²) in [6.45, 7) is 0.418. The number of ether oxygens (including phenoxy) is 4.